The highest BCUT2D eigenvalue weighted by atomic mass is 16.6. The summed E-state index contributed by atoms with van der Waals surface area (Å²) in [5, 5.41) is 0. The first-order chi connectivity index (χ1) is 17.6. The van der Waals surface area contributed by atoms with Gasteiger partial charge in [-0.15, -0.1) is 0 Å². The molecular weight excluding hydrogens is 444 g/mol. The minimum Gasteiger partial charge on any atom is -0.455 e. The molecule has 4 nitrogen and oxygen atoms in total. The molecule has 4 aromatic rings. The van der Waals surface area contributed by atoms with Gasteiger partial charge in [-0.3, -0.25) is 0 Å². The van der Waals surface area contributed by atoms with Crippen LogP contribution >= 0.6 is 0 Å². The van der Waals surface area contributed by atoms with Crippen molar-refractivity contribution in [1.29, 1.82) is 0 Å². The summed E-state index contributed by atoms with van der Waals surface area (Å²) in [5.74, 6) is 3.14. The summed E-state index contributed by atoms with van der Waals surface area (Å²) in [5.41, 5.74) is 8.13. The number of ether oxygens (including phenoxy) is 2. The van der Waals surface area contributed by atoms with Gasteiger partial charge >= 0.3 is 0 Å². The van der Waals surface area contributed by atoms with Gasteiger partial charge in [0.1, 0.15) is 11.5 Å². The third kappa shape index (κ3) is 3.81. The number of benzene rings is 4. The van der Waals surface area contributed by atoms with Gasteiger partial charge in [-0.2, -0.15) is 0 Å². The number of fused-ring (bicyclic) bond motifs is 2. The summed E-state index contributed by atoms with van der Waals surface area (Å²) in [6.07, 6.45) is 0.642. The molecule has 0 unspecified atom stereocenters. The van der Waals surface area contributed by atoms with Crippen LogP contribution in [0.15, 0.2) is 126 Å². The first-order valence-electron chi connectivity index (χ1n) is 12.3. The van der Waals surface area contributed by atoms with E-state index in [-0.39, 0.29) is 0 Å². The van der Waals surface area contributed by atoms with E-state index in [4.69, 9.17) is 9.47 Å². The van der Waals surface area contributed by atoms with Gasteiger partial charge in [0.15, 0.2) is 11.5 Å². The van der Waals surface area contributed by atoms with Crippen LogP contribution < -0.4 is 19.3 Å². The van der Waals surface area contributed by atoms with E-state index in [1.165, 1.54) is 11.4 Å². The Hall–Kier alpha value is -4.44. The van der Waals surface area contributed by atoms with E-state index in [9.17, 15) is 0 Å². The Balaban J connectivity index is 1.44. The molecule has 0 amide bonds. The molecule has 36 heavy (non-hydrogen) atoms. The summed E-state index contributed by atoms with van der Waals surface area (Å²) in [4.78, 5) is 4.69. The van der Waals surface area contributed by atoms with Crippen molar-refractivity contribution >= 4 is 22.7 Å². The van der Waals surface area contributed by atoms with E-state index in [0.717, 1.165) is 51.3 Å². The Labute approximate surface area is 212 Å². The molecule has 0 radical (unpaired) electrons. The molecule has 4 aromatic carbocycles. The van der Waals surface area contributed by atoms with Gasteiger partial charge in [-0.05, 0) is 74.9 Å². The normalized spacial score (nSPS) is 14.8. The number of hydrogen-bond acceptors (Lipinski definition) is 4. The third-order valence-corrected chi connectivity index (χ3v) is 6.85. The highest BCUT2D eigenvalue weighted by Gasteiger charge is 2.29. The molecule has 0 atom stereocenters. The molecule has 178 valence electrons. The number of para-hydroxylation sites is 4. The fourth-order valence-electron chi connectivity index (χ4n) is 4.94. The van der Waals surface area contributed by atoms with Gasteiger partial charge in [-0.1, -0.05) is 54.6 Å². The predicted octanol–water partition coefficient (Wildman–Crippen LogP) is 8.47. The number of anilines is 4. The predicted molar refractivity (Wildman–Crippen MR) is 146 cm³/mol. The van der Waals surface area contributed by atoms with Crippen LogP contribution in [0.4, 0.5) is 22.7 Å². The minimum absolute atomic E-state index is 0.642. The van der Waals surface area contributed by atoms with Gasteiger partial charge in [0, 0.05) is 29.2 Å². The van der Waals surface area contributed by atoms with Crippen molar-refractivity contribution in [3.05, 3.63) is 132 Å². The van der Waals surface area contributed by atoms with Crippen LogP contribution in [-0.2, 0) is 6.42 Å². The maximum atomic E-state index is 6.25. The Bertz CT molecular complexity index is 1490. The zero-order valence-electron chi connectivity index (χ0n) is 20.7. The largest absolute Gasteiger partial charge is 0.455 e. The molecule has 0 spiro atoms. The van der Waals surface area contributed by atoms with Gasteiger partial charge in [0.2, 0.25) is 0 Å². The fourth-order valence-corrected chi connectivity index (χ4v) is 4.94. The molecule has 2 aliphatic rings. The van der Waals surface area contributed by atoms with Crippen LogP contribution in [0.3, 0.4) is 0 Å². The van der Waals surface area contributed by atoms with Crippen molar-refractivity contribution in [2.75, 3.05) is 9.80 Å². The lowest BCUT2D eigenvalue weighted by atomic mass is 10.0. The lowest BCUT2D eigenvalue weighted by Gasteiger charge is -2.40. The summed E-state index contributed by atoms with van der Waals surface area (Å²) in [6, 6.07) is 35.6. The third-order valence-electron chi connectivity index (χ3n) is 6.85. The molecular formula is C32H28N2O2. The molecule has 6 rings (SSSR count). The summed E-state index contributed by atoms with van der Waals surface area (Å²) >= 11 is 0. The van der Waals surface area contributed by atoms with Crippen molar-refractivity contribution < 1.29 is 9.47 Å². The first kappa shape index (κ1) is 22.1. The van der Waals surface area contributed by atoms with Gasteiger partial charge in [-0.25, -0.2) is 0 Å². The number of rotatable bonds is 4. The lowest BCUT2D eigenvalue weighted by molar-refractivity contribution is 0.289. The molecule has 0 bridgehead atoms. The second-order valence-corrected chi connectivity index (χ2v) is 9.14. The van der Waals surface area contributed by atoms with E-state index < -0.39 is 0 Å². The number of nitrogens with zero attached hydrogens (tertiary/aromatic N) is 2. The molecule has 4 heteroatoms. The van der Waals surface area contributed by atoms with E-state index in [0.29, 0.717) is 6.42 Å². The lowest BCUT2D eigenvalue weighted by Crippen LogP contribution is -2.29. The molecule has 0 saturated heterocycles. The molecule has 0 aliphatic carbocycles. The van der Waals surface area contributed by atoms with Gasteiger partial charge in [0.05, 0.1) is 11.4 Å². The highest BCUT2D eigenvalue weighted by Crippen LogP contribution is 2.47. The van der Waals surface area contributed by atoms with E-state index in [1.807, 2.05) is 31.2 Å². The van der Waals surface area contributed by atoms with Crippen molar-refractivity contribution in [2.24, 2.45) is 0 Å². The quantitative estimate of drug-likeness (QED) is 0.297. The smallest absolute Gasteiger partial charge is 0.169 e. The maximum absolute atomic E-state index is 6.25. The van der Waals surface area contributed by atoms with Crippen LogP contribution in [0.1, 0.15) is 26.3 Å². The Kier molecular flexibility index (Phi) is 5.49. The molecule has 0 fully saturated rings. The fraction of sp³-hybridized carbons (Fsp3) is 0.125. The molecule has 0 saturated carbocycles. The zero-order valence-corrected chi connectivity index (χ0v) is 20.7. The maximum Gasteiger partial charge on any atom is 0.169 e. The summed E-state index contributed by atoms with van der Waals surface area (Å²) in [6.45, 7) is 6.34. The Morgan fingerprint density at radius 1 is 0.556 bits per heavy atom. The van der Waals surface area contributed by atoms with Gasteiger partial charge in [0.25, 0.3) is 0 Å². The van der Waals surface area contributed by atoms with E-state index in [2.05, 4.69) is 103 Å². The van der Waals surface area contributed by atoms with Crippen molar-refractivity contribution in [2.45, 2.75) is 27.2 Å². The molecule has 0 aromatic heterocycles. The first-order valence-corrected chi connectivity index (χ1v) is 12.3. The van der Waals surface area contributed by atoms with E-state index >= 15 is 0 Å². The van der Waals surface area contributed by atoms with Gasteiger partial charge < -0.3 is 19.3 Å². The standard InChI is InChI=1S/C32H28N2O2/c1-22-23(2)34(27-14-8-5-9-15-27)29-20-25(18-19-28(29)33(22)26-12-6-4-7-13-26)21-32-24(3)35-30-16-10-11-17-31(30)36-32/h4-20H,21H2,1-3H3. The molecule has 0 N–H and O–H groups in total. The number of hydrogen-bond donors (Lipinski definition) is 0. The van der Waals surface area contributed by atoms with Crippen LogP contribution in [0.25, 0.3) is 0 Å². The highest BCUT2D eigenvalue weighted by molar-refractivity contribution is 5.89. The van der Waals surface area contributed by atoms with Crippen LogP contribution in [-0.4, -0.2) is 0 Å². The minimum atomic E-state index is 0.642. The number of allylic oxidation sites excluding steroid dienone is 4. The van der Waals surface area contributed by atoms with Crippen molar-refractivity contribution in [3.63, 3.8) is 0 Å². The molecule has 2 aliphatic heterocycles. The van der Waals surface area contributed by atoms with Crippen molar-refractivity contribution in [1.82, 2.24) is 0 Å². The molecule has 2 heterocycles. The Morgan fingerprint density at radius 3 is 1.69 bits per heavy atom. The second kappa shape index (κ2) is 8.97. The summed E-state index contributed by atoms with van der Waals surface area (Å²) in [7, 11) is 0. The van der Waals surface area contributed by atoms with Crippen LogP contribution in [0.2, 0.25) is 0 Å². The Morgan fingerprint density at radius 2 is 1.08 bits per heavy atom. The SMILES string of the molecule is CC1=C(Cc2ccc3c(c2)N(c2ccccc2)C(C)=C(C)N3c2ccccc2)Oc2ccccc2O1. The zero-order chi connectivity index (χ0) is 24.6. The van der Waals surface area contributed by atoms with E-state index in [1.54, 1.807) is 0 Å². The van der Waals surface area contributed by atoms with Crippen LogP contribution in [0.5, 0.6) is 11.5 Å². The van der Waals surface area contributed by atoms with Crippen LogP contribution in [0, 0.1) is 0 Å². The van der Waals surface area contributed by atoms with Crippen molar-refractivity contribution in [3.8, 4) is 11.5 Å². The average molecular weight is 473 g/mol. The monoisotopic (exact) mass is 472 g/mol. The topological polar surface area (TPSA) is 24.9 Å². The summed E-state index contributed by atoms with van der Waals surface area (Å²) < 4.78 is 12.3. The second-order valence-electron chi connectivity index (χ2n) is 9.14. The average Bonchev–Trinajstić information content (AvgIpc) is 2.91.